The topological polar surface area (TPSA) is 83.7 Å². The maximum atomic E-state index is 11.0. The fourth-order valence-electron chi connectivity index (χ4n) is 3.47. The van der Waals surface area contributed by atoms with Gasteiger partial charge in [-0.15, -0.1) is 0 Å². The van der Waals surface area contributed by atoms with Crippen LogP contribution in [0.4, 0.5) is 17.2 Å². The first-order chi connectivity index (χ1) is 12.3. The van der Waals surface area contributed by atoms with Crippen LogP contribution in [-0.4, -0.2) is 28.7 Å². The van der Waals surface area contributed by atoms with Crippen molar-refractivity contribution in [2.45, 2.75) is 38.6 Å². The van der Waals surface area contributed by atoms with Crippen molar-refractivity contribution in [1.29, 1.82) is 0 Å². The van der Waals surface area contributed by atoms with Crippen LogP contribution in [0.15, 0.2) is 41.6 Å². The molecule has 2 aromatic rings. The molecule has 0 bridgehead atoms. The van der Waals surface area contributed by atoms with Gasteiger partial charge in [-0.05, 0) is 55.5 Å². The summed E-state index contributed by atoms with van der Waals surface area (Å²) in [5, 5.41) is 15.1. The molecule has 1 aromatic carbocycles. The van der Waals surface area contributed by atoms with E-state index in [1.807, 2.05) is 6.07 Å². The summed E-state index contributed by atoms with van der Waals surface area (Å²) in [6.45, 7) is 6.75. The Morgan fingerprint density at radius 2 is 2.19 bits per heavy atom. The first kappa shape index (κ1) is 17.8. The molecule has 1 N–H and O–H groups in total. The lowest BCUT2D eigenvalue weighted by molar-refractivity contribution is -0.384. The second-order valence-corrected chi connectivity index (χ2v) is 7.29. The molecule has 7 nitrogen and oxygen atoms in total. The zero-order valence-electron chi connectivity index (χ0n) is 15.4. The van der Waals surface area contributed by atoms with Gasteiger partial charge in [-0.1, -0.05) is 13.0 Å². The Morgan fingerprint density at radius 3 is 2.92 bits per heavy atom. The summed E-state index contributed by atoms with van der Waals surface area (Å²) in [5.74, 6) is 0.580. The number of anilines is 2. The second kappa shape index (κ2) is 6.74. The van der Waals surface area contributed by atoms with Crippen LogP contribution in [-0.2, 0) is 0 Å². The molecule has 0 radical (unpaired) electrons. The molecular formula is C19H23N5O2. The number of rotatable bonds is 4. The zero-order valence-corrected chi connectivity index (χ0v) is 15.4. The predicted octanol–water partition coefficient (Wildman–Crippen LogP) is 4.16. The fraction of sp³-hybridized carbons (Fsp3) is 0.368. The van der Waals surface area contributed by atoms with Crippen LogP contribution < -0.4 is 10.3 Å². The van der Waals surface area contributed by atoms with E-state index >= 15 is 0 Å². The molecular weight excluding hydrogens is 330 g/mol. The molecule has 1 aromatic heterocycles. The van der Waals surface area contributed by atoms with E-state index in [1.165, 1.54) is 29.6 Å². The molecule has 1 aliphatic rings. The largest absolute Gasteiger partial charge is 0.369 e. The Morgan fingerprint density at radius 1 is 1.42 bits per heavy atom. The number of fused-ring (bicyclic) bond motifs is 1. The summed E-state index contributed by atoms with van der Waals surface area (Å²) in [6, 6.07) is 9.15. The summed E-state index contributed by atoms with van der Waals surface area (Å²) in [5.41, 5.74) is 6.15. The highest BCUT2D eigenvalue weighted by Gasteiger charge is 2.33. The van der Waals surface area contributed by atoms with E-state index in [9.17, 15) is 10.1 Å². The van der Waals surface area contributed by atoms with Gasteiger partial charge in [0.25, 0.3) is 0 Å². The summed E-state index contributed by atoms with van der Waals surface area (Å²) < 4.78 is 0. The third-order valence-corrected chi connectivity index (χ3v) is 5.02. The number of hydrogen-bond donors (Lipinski definition) is 1. The minimum absolute atomic E-state index is 0.104. The Kier molecular flexibility index (Phi) is 4.63. The van der Waals surface area contributed by atoms with E-state index in [2.05, 4.69) is 60.4 Å². The van der Waals surface area contributed by atoms with Crippen molar-refractivity contribution in [2.24, 2.45) is 5.10 Å². The van der Waals surface area contributed by atoms with Crippen molar-refractivity contribution in [3.63, 3.8) is 0 Å². The van der Waals surface area contributed by atoms with Crippen LogP contribution in [0.3, 0.4) is 0 Å². The van der Waals surface area contributed by atoms with Crippen LogP contribution in [0.1, 0.15) is 44.2 Å². The average Bonchev–Trinajstić information content (AvgIpc) is 2.60. The molecule has 26 heavy (non-hydrogen) atoms. The molecule has 1 atom stereocenters. The molecule has 3 rings (SSSR count). The van der Waals surface area contributed by atoms with E-state index < -0.39 is 4.92 Å². The standard InChI is InChI=1S/C19H23N5O2/c1-13-11-19(2,3)23(4)16-8-7-14(10-15(13)16)12-21-22-18-17(24(25)26)6-5-9-20-18/h5-10,12-13H,11H2,1-4H3,(H,20,22)/b21-12-. The Labute approximate surface area is 152 Å². The number of nitrogens with zero attached hydrogens (tertiary/aromatic N) is 4. The van der Waals surface area contributed by atoms with E-state index in [-0.39, 0.29) is 17.0 Å². The van der Waals surface area contributed by atoms with Crippen molar-refractivity contribution in [3.8, 4) is 0 Å². The summed E-state index contributed by atoms with van der Waals surface area (Å²) in [6.07, 6.45) is 4.23. The van der Waals surface area contributed by atoms with Gasteiger partial charge in [0, 0.05) is 30.5 Å². The monoisotopic (exact) mass is 353 g/mol. The highest BCUT2D eigenvalue weighted by Crippen LogP contribution is 2.42. The normalized spacial score (nSPS) is 18.6. The van der Waals surface area contributed by atoms with Crippen molar-refractivity contribution in [2.75, 3.05) is 17.4 Å². The number of aromatic nitrogens is 1. The highest BCUT2D eigenvalue weighted by atomic mass is 16.6. The predicted molar refractivity (Wildman–Crippen MR) is 104 cm³/mol. The minimum atomic E-state index is -0.483. The van der Waals surface area contributed by atoms with Gasteiger partial charge in [-0.25, -0.2) is 4.98 Å². The Balaban J connectivity index is 1.81. The lowest BCUT2D eigenvalue weighted by Crippen LogP contribution is -2.45. The maximum absolute atomic E-state index is 11.0. The number of nitrogens with one attached hydrogen (secondary N) is 1. The first-order valence-electron chi connectivity index (χ1n) is 8.56. The Hall–Kier alpha value is -2.96. The fourth-order valence-corrected chi connectivity index (χ4v) is 3.47. The number of hydrogen-bond acceptors (Lipinski definition) is 6. The second-order valence-electron chi connectivity index (χ2n) is 7.29. The summed E-state index contributed by atoms with van der Waals surface area (Å²) >= 11 is 0. The van der Waals surface area contributed by atoms with Crippen LogP contribution in [0.2, 0.25) is 0 Å². The molecule has 0 aliphatic carbocycles. The number of hydrazone groups is 1. The Bertz CT molecular complexity index is 863. The van der Waals surface area contributed by atoms with Crippen molar-refractivity contribution < 1.29 is 4.92 Å². The molecule has 1 unspecified atom stereocenters. The molecule has 2 heterocycles. The average molecular weight is 353 g/mol. The van der Waals surface area contributed by atoms with E-state index in [1.54, 1.807) is 6.21 Å². The van der Waals surface area contributed by atoms with Gasteiger partial charge < -0.3 is 4.90 Å². The first-order valence-corrected chi connectivity index (χ1v) is 8.56. The number of nitro groups is 1. The van der Waals surface area contributed by atoms with Gasteiger partial charge >= 0.3 is 5.69 Å². The molecule has 0 saturated heterocycles. The SMILES string of the molecule is CC1CC(C)(C)N(C)c2ccc(/C=N\Nc3ncccc3[N+](=O)[O-])cc21. The molecule has 0 fully saturated rings. The third-order valence-electron chi connectivity index (χ3n) is 5.02. The minimum Gasteiger partial charge on any atom is -0.369 e. The quantitative estimate of drug-likeness (QED) is 0.507. The van der Waals surface area contributed by atoms with Crippen molar-refractivity contribution in [3.05, 3.63) is 57.8 Å². The number of pyridine rings is 1. The van der Waals surface area contributed by atoms with Gasteiger partial charge in [0.15, 0.2) is 0 Å². The van der Waals surface area contributed by atoms with Gasteiger partial charge in [0.1, 0.15) is 0 Å². The van der Waals surface area contributed by atoms with Crippen molar-refractivity contribution >= 4 is 23.4 Å². The van der Waals surface area contributed by atoms with Crippen LogP contribution >= 0.6 is 0 Å². The van der Waals surface area contributed by atoms with Crippen LogP contribution in [0.25, 0.3) is 0 Å². The molecule has 0 spiro atoms. The van der Waals surface area contributed by atoms with Gasteiger partial charge in [-0.3, -0.25) is 15.5 Å². The van der Waals surface area contributed by atoms with E-state index in [0.717, 1.165) is 12.0 Å². The third kappa shape index (κ3) is 3.37. The summed E-state index contributed by atoms with van der Waals surface area (Å²) in [4.78, 5) is 16.8. The maximum Gasteiger partial charge on any atom is 0.313 e. The smallest absolute Gasteiger partial charge is 0.313 e. The van der Waals surface area contributed by atoms with Crippen molar-refractivity contribution in [1.82, 2.24) is 4.98 Å². The van der Waals surface area contributed by atoms with E-state index in [4.69, 9.17) is 0 Å². The van der Waals surface area contributed by atoms with Gasteiger partial charge in [-0.2, -0.15) is 5.10 Å². The summed E-state index contributed by atoms with van der Waals surface area (Å²) in [7, 11) is 2.13. The van der Waals surface area contributed by atoms with Gasteiger partial charge in [0.2, 0.25) is 5.82 Å². The highest BCUT2D eigenvalue weighted by molar-refractivity contribution is 5.82. The zero-order chi connectivity index (χ0) is 18.9. The lowest BCUT2D eigenvalue weighted by atomic mass is 9.80. The van der Waals surface area contributed by atoms with Crippen LogP contribution in [0.5, 0.6) is 0 Å². The molecule has 0 saturated carbocycles. The molecule has 136 valence electrons. The molecule has 0 amide bonds. The molecule has 1 aliphatic heterocycles. The molecule has 7 heteroatoms. The van der Waals surface area contributed by atoms with Crippen LogP contribution in [0, 0.1) is 10.1 Å². The lowest BCUT2D eigenvalue weighted by Gasteiger charge is -2.45. The van der Waals surface area contributed by atoms with E-state index in [0.29, 0.717) is 5.92 Å². The number of benzene rings is 1. The van der Waals surface area contributed by atoms with Gasteiger partial charge in [0.05, 0.1) is 11.1 Å².